The maximum atomic E-state index is 10.1. The van der Waals surface area contributed by atoms with Gasteiger partial charge in [0.1, 0.15) is 0 Å². The fourth-order valence-corrected chi connectivity index (χ4v) is 3.86. The standard InChI is InChI=1S/C17H21N3O/c21-17-16(14-4-2-1-3-5-14)12-20(18-17)11-15-10-19-8-6-13(15)7-9-19/h1-5,12-13,15H,6-11H2,(H,18,21)/t15-/m1/s1. The van der Waals surface area contributed by atoms with E-state index >= 15 is 0 Å². The first-order valence-electron chi connectivity index (χ1n) is 7.84. The van der Waals surface area contributed by atoms with Gasteiger partial charge in [-0.3, -0.25) is 4.68 Å². The van der Waals surface area contributed by atoms with Crippen molar-refractivity contribution in [3.63, 3.8) is 0 Å². The van der Waals surface area contributed by atoms with Crippen molar-refractivity contribution in [2.75, 3.05) is 19.6 Å². The molecule has 0 radical (unpaired) electrons. The molecule has 0 unspecified atom stereocenters. The molecule has 0 amide bonds. The molecule has 110 valence electrons. The third-order valence-electron chi connectivity index (χ3n) is 5.04. The average Bonchev–Trinajstić information content (AvgIpc) is 2.90. The molecule has 21 heavy (non-hydrogen) atoms. The lowest BCUT2D eigenvalue weighted by Gasteiger charge is -2.44. The number of nitrogens with zero attached hydrogens (tertiary/aromatic N) is 3. The third kappa shape index (κ3) is 2.44. The van der Waals surface area contributed by atoms with Gasteiger partial charge in [-0.05, 0) is 43.3 Å². The number of fused-ring (bicyclic) bond motifs is 3. The predicted octanol–water partition coefficient (Wildman–Crippen LogP) is 2.60. The van der Waals surface area contributed by atoms with Crippen LogP contribution in [0, 0.1) is 11.8 Å². The van der Waals surface area contributed by atoms with Crippen molar-refractivity contribution in [1.29, 1.82) is 0 Å². The van der Waals surface area contributed by atoms with Crippen LogP contribution < -0.4 is 0 Å². The lowest BCUT2D eigenvalue weighted by atomic mass is 9.79. The number of aromatic nitrogens is 2. The second-order valence-electron chi connectivity index (χ2n) is 6.35. The molecule has 2 bridgehead atoms. The van der Waals surface area contributed by atoms with Crippen LogP contribution in [0.4, 0.5) is 0 Å². The van der Waals surface area contributed by atoms with Crippen molar-refractivity contribution >= 4 is 0 Å². The molecule has 0 saturated carbocycles. The van der Waals surface area contributed by atoms with Crippen molar-refractivity contribution in [3.05, 3.63) is 36.5 Å². The molecule has 1 aromatic carbocycles. The maximum Gasteiger partial charge on any atom is 0.238 e. The van der Waals surface area contributed by atoms with Crippen molar-refractivity contribution in [2.45, 2.75) is 19.4 Å². The fourth-order valence-electron chi connectivity index (χ4n) is 3.86. The van der Waals surface area contributed by atoms with Gasteiger partial charge in [-0.2, -0.15) is 0 Å². The van der Waals surface area contributed by atoms with E-state index in [1.165, 1.54) is 32.5 Å². The molecule has 1 N–H and O–H groups in total. The molecule has 3 fully saturated rings. The van der Waals surface area contributed by atoms with Crippen molar-refractivity contribution in [1.82, 2.24) is 14.7 Å². The number of aromatic hydroxyl groups is 1. The van der Waals surface area contributed by atoms with E-state index in [9.17, 15) is 5.11 Å². The van der Waals surface area contributed by atoms with E-state index in [2.05, 4.69) is 10.00 Å². The average molecular weight is 283 g/mol. The molecule has 5 rings (SSSR count). The Balaban J connectivity index is 1.54. The summed E-state index contributed by atoms with van der Waals surface area (Å²) in [5.41, 5.74) is 1.85. The van der Waals surface area contributed by atoms with Gasteiger partial charge in [0.15, 0.2) is 0 Å². The minimum absolute atomic E-state index is 0.141. The van der Waals surface area contributed by atoms with Crippen LogP contribution in [-0.2, 0) is 6.54 Å². The van der Waals surface area contributed by atoms with E-state index in [4.69, 9.17) is 0 Å². The van der Waals surface area contributed by atoms with Crippen LogP contribution in [0.1, 0.15) is 12.8 Å². The Kier molecular flexibility index (Phi) is 3.19. The van der Waals surface area contributed by atoms with Gasteiger partial charge in [0.05, 0.1) is 5.56 Å². The predicted molar refractivity (Wildman–Crippen MR) is 82.0 cm³/mol. The van der Waals surface area contributed by atoms with Gasteiger partial charge in [0.2, 0.25) is 5.88 Å². The summed E-state index contributed by atoms with van der Waals surface area (Å²) in [5.74, 6) is 1.65. The van der Waals surface area contributed by atoms with Crippen LogP contribution >= 0.6 is 0 Å². The number of hydrogen-bond donors (Lipinski definition) is 1. The van der Waals surface area contributed by atoms with Crippen LogP contribution in [0.3, 0.4) is 0 Å². The highest BCUT2D eigenvalue weighted by molar-refractivity contribution is 5.67. The summed E-state index contributed by atoms with van der Waals surface area (Å²) >= 11 is 0. The summed E-state index contributed by atoms with van der Waals surface area (Å²) in [6.07, 6.45) is 4.63. The Morgan fingerprint density at radius 2 is 1.90 bits per heavy atom. The lowest BCUT2D eigenvalue weighted by Crippen LogP contribution is -2.48. The molecule has 1 atom stereocenters. The zero-order valence-electron chi connectivity index (χ0n) is 12.2. The summed E-state index contributed by atoms with van der Waals surface area (Å²) < 4.78 is 1.93. The van der Waals surface area contributed by atoms with Crippen molar-refractivity contribution in [3.8, 4) is 17.0 Å². The molecule has 3 aliphatic heterocycles. The Labute approximate surface area is 125 Å². The van der Waals surface area contributed by atoms with Crippen LogP contribution in [-0.4, -0.2) is 39.4 Å². The Bertz CT molecular complexity index is 614. The highest BCUT2D eigenvalue weighted by atomic mass is 16.3. The zero-order valence-corrected chi connectivity index (χ0v) is 12.2. The first kappa shape index (κ1) is 12.9. The lowest BCUT2D eigenvalue weighted by molar-refractivity contribution is 0.0404. The first-order chi connectivity index (χ1) is 10.3. The third-order valence-corrected chi connectivity index (χ3v) is 5.04. The van der Waals surface area contributed by atoms with Crippen molar-refractivity contribution < 1.29 is 5.11 Å². The van der Waals surface area contributed by atoms with Crippen LogP contribution in [0.5, 0.6) is 5.88 Å². The first-order valence-corrected chi connectivity index (χ1v) is 7.84. The zero-order chi connectivity index (χ0) is 14.2. The number of piperidine rings is 3. The molecule has 0 aliphatic carbocycles. The Morgan fingerprint density at radius 3 is 2.57 bits per heavy atom. The van der Waals surface area contributed by atoms with E-state index < -0.39 is 0 Å². The Hall–Kier alpha value is -1.81. The largest absolute Gasteiger partial charge is 0.492 e. The summed E-state index contributed by atoms with van der Waals surface area (Å²) in [6.45, 7) is 4.63. The maximum absolute atomic E-state index is 10.1. The number of hydrogen-bond acceptors (Lipinski definition) is 3. The molecule has 3 saturated heterocycles. The summed E-state index contributed by atoms with van der Waals surface area (Å²) in [5, 5.41) is 14.4. The smallest absolute Gasteiger partial charge is 0.238 e. The second kappa shape index (κ2) is 5.19. The summed E-state index contributed by atoms with van der Waals surface area (Å²) in [7, 11) is 0. The topological polar surface area (TPSA) is 41.3 Å². The van der Waals surface area contributed by atoms with E-state index in [0.717, 1.165) is 23.6 Å². The van der Waals surface area contributed by atoms with Gasteiger partial charge < -0.3 is 10.0 Å². The van der Waals surface area contributed by atoms with Crippen molar-refractivity contribution in [2.24, 2.45) is 11.8 Å². The van der Waals surface area contributed by atoms with Crippen LogP contribution in [0.25, 0.3) is 11.1 Å². The van der Waals surface area contributed by atoms with Gasteiger partial charge >= 0.3 is 0 Å². The summed E-state index contributed by atoms with van der Waals surface area (Å²) in [4.78, 5) is 2.56. The van der Waals surface area contributed by atoms with Gasteiger partial charge in [-0.15, -0.1) is 5.10 Å². The van der Waals surface area contributed by atoms with E-state index in [0.29, 0.717) is 5.92 Å². The van der Waals surface area contributed by atoms with E-state index in [-0.39, 0.29) is 5.88 Å². The molecule has 2 aromatic rings. The molecule has 3 aliphatic rings. The minimum atomic E-state index is 0.141. The molecular formula is C17H21N3O. The van der Waals surface area contributed by atoms with Gasteiger partial charge in [0.25, 0.3) is 0 Å². The monoisotopic (exact) mass is 283 g/mol. The minimum Gasteiger partial charge on any atom is -0.492 e. The normalized spacial score (nSPS) is 27.9. The van der Waals surface area contributed by atoms with Gasteiger partial charge in [-0.1, -0.05) is 30.3 Å². The molecule has 1 aromatic heterocycles. The van der Waals surface area contributed by atoms with E-state index in [1.807, 2.05) is 41.2 Å². The second-order valence-corrected chi connectivity index (χ2v) is 6.35. The number of rotatable bonds is 3. The molecule has 4 nitrogen and oxygen atoms in total. The Morgan fingerprint density at radius 1 is 1.14 bits per heavy atom. The number of benzene rings is 1. The van der Waals surface area contributed by atoms with Gasteiger partial charge in [0, 0.05) is 19.3 Å². The van der Waals surface area contributed by atoms with Gasteiger partial charge in [-0.25, -0.2) is 0 Å². The summed E-state index contributed by atoms with van der Waals surface area (Å²) in [6, 6.07) is 9.97. The van der Waals surface area contributed by atoms with Crippen LogP contribution in [0.2, 0.25) is 0 Å². The molecule has 4 heteroatoms. The SMILES string of the molecule is Oc1nn(C[C@H]2CN3CCC2CC3)cc1-c1ccccc1. The highest BCUT2D eigenvalue weighted by Crippen LogP contribution is 2.34. The molecule has 0 spiro atoms. The molecular weight excluding hydrogens is 262 g/mol. The molecule has 4 heterocycles. The quantitative estimate of drug-likeness (QED) is 0.941. The van der Waals surface area contributed by atoms with Crippen LogP contribution in [0.15, 0.2) is 36.5 Å². The fraction of sp³-hybridized carbons (Fsp3) is 0.471. The van der Waals surface area contributed by atoms with E-state index in [1.54, 1.807) is 0 Å². The highest BCUT2D eigenvalue weighted by Gasteiger charge is 2.34.